The third-order valence-electron chi connectivity index (χ3n) is 2.75. The topological polar surface area (TPSA) is 67.5 Å². The normalized spacial score (nSPS) is 10.6. The van der Waals surface area contributed by atoms with E-state index in [0.29, 0.717) is 17.4 Å². The van der Waals surface area contributed by atoms with Crippen LogP contribution in [0.1, 0.15) is 5.56 Å². The number of oxazole rings is 1. The van der Waals surface area contributed by atoms with Gasteiger partial charge in [0.25, 0.3) is 6.01 Å². The molecule has 0 aliphatic carbocycles. The Kier molecular flexibility index (Phi) is 2.72. The second kappa shape index (κ2) is 4.53. The fourth-order valence-corrected chi connectivity index (χ4v) is 1.85. The SMILES string of the molecule is Cc1ccc2oc(Nc3cccc(N=O)c3)nc2c1. The van der Waals surface area contributed by atoms with Gasteiger partial charge in [-0.15, -0.1) is 4.91 Å². The highest BCUT2D eigenvalue weighted by Crippen LogP contribution is 2.24. The molecule has 1 N–H and O–H groups in total. The lowest BCUT2D eigenvalue weighted by Gasteiger charge is -2.00. The highest BCUT2D eigenvalue weighted by molar-refractivity contribution is 5.76. The molecule has 5 heteroatoms. The first-order valence-corrected chi connectivity index (χ1v) is 5.82. The van der Waals surface area contributed by atoms with Crippen molar-refractivity contribution in [2.75, 3.05) is 5.32 Å². The second-order valence-electron chi connectivity index (χ2n) is 4.26. The Balaban J connectivity index is 1.94. The average molecular weight is 253 g/mol. The first kappa shape index (κ1) is 11.4. The lowest BCUT2D eigenvalue weighted by molar-refractivity contribution is 0.623. The summed E-state index contributed by atoms with van der Waals surface area (Å²) in [6.07, 6.45) is 0. The smallest absolute Gasteiger partial charge is 0.300 e. The number of rotatable bonds is 3. The maximum Gasteiger partial charge on any atom is 0.300 e. The Labute approximate surface area is 109 Å². The Morgan fingerprint density at radius 1 is 1.21 bits per heavy atom. The van der Waals surface area contributed by atoms with E-state index in [9.17, 15) is 4.91 Å². The molecule has 2 aromatic carbocycles. The number of hydrogen-bond acceptors (Lipinski definition) is 5. The summed E-state index contributed by atoms with van der Waals surface area (Å²) in [5, 5.41) is 5.90. The van der Waals surface area contributed by atoms with E-state index < -0.39 is 0 Å². The summed E-state index contributed by atoms with van der Waals surface area (Å²) >= 11 is 0. The third kappa shape index (κ3) is 2.30. The van der Waals surface area contributed by atoms with Crippen molar-refractivity contribution in [3.05, 3.63) is 52.9 Å². The van der Waals surface area contributed by atoms with Crippen LogP contribution in [0.25, 0.3) is 11.1 Å². The molecule has 94 valence electrons. The zero-order valence-electron chi connectivity index (χ0n) is 10.3. The molecule has 19 heavy (non-hydrogen) atoms. The van der Waals surface area contributed by atoms with Crippen molar-refractivity contribution in [3.8, 4) is 0 Å². The van der Waals surface area contributed by atoms with Crippen LogP contribution in [0.5, 0.6) is 0 Å². The van der Waals surface area contributed by atoms with E-state index in [1.807, 2.05) is 31.2 Å². The number of nitroso groups, excluding NO2 is 1. The van der Waals surface area contributed by atoms with Crippen molar-refractivity contribution < 1.29 is 4.42 Å². The number of fused-ring (bicyclic) bond motifs is 1. The number of anilines is 2. The molecular weight excluding hydrogens is 242 g/mol. The maximum atomic E-state index is 10.5. The molecule has 3 rings (SSSR count). The van der Waals surface area contributed by atoms with Gasteiger partial charge in [0.1, 0.15) is 11.2 Å². The lowest BCUT2D eigenvalue weighted by Crippen LogP contribution is -1.89. The standard InChI is InChI=1S/C14H11N3O2/c1-9-5-6-13-12(7-9)16-14(19-13)15-10-3-2-4-11(8-10)17-18/h2-8H,1H3,(H,15,16). The van der Waals surface area contributed by atoms with Gasteiger partial charge in [-0.25, -0.2) is 0 Å². The molecule has 0 radical (unpaired) electrons. The first-order valence-electron chi connectivity index (χ1n) is 5.82. The fourth-order valence-electron chi connectivity index (χ4n) is 1.85. The molecule has 0 spiro atoms. The molecule has 0 bridgehead atoms. The molecule has 5 nitrogen and oxygen atoms in total. The van der Waals surface area contributed by atoms with Gasteiger partial charge in [-0.2, -0.15) is 4.98 Å². The fraction of sp³-hybridized carbons (Fsp3) is 0.0714. The van der Waals surface area contributed by atoms with Crippen LogP contribution in [0.2, 0.25) is 0 Å². The summed E-state index contributed by atoms with van der Waals surface area (Å²) in [5.74, 6) is 0. The van der Waals surface area contributed by atoms with Crippen molar-refractivity contribution in [1.82, 2.24) is 4.98 Å². The average Bonchev–Trinajstić information content (AvgIpc) is 2.80. The van der Waals surface area contributed by atoms with Crippen LogP contribution in [0.3, 0.4) is 0 Å². The molecule has 0 amide bonds. The van der Waals surface area contributed by atoms with Crippen molar-refractivity contribution in [1.29, 1.82) is 0 Å². The van der Waals surface area contributed by atoms with Crippen molar-refractivity contribution >= 4 is 28.5 Å². The van der Waals surface area contributed by atoms with E-state index in [0.717, 1.165) is 16.7 Å². The Morgan fingerprint density at radius 3 is 2.95 bits per heavy atom. The van der Waals surface area contributed by atoms with Gasteiger partial charge in [0.15, 0.2) is 5.58 Å². The minimum absolute atomic E-state index is 0.358. The number of hydrogen-bond donors (Lipinski definition) is 1. The van der Waals surface area contributed by atoms with Crippen molar-refractivity contribution in [2.45, 2.75) is 6.92 Å². The van der Waals surface area contributed by atoms with Crippen LogP contribution in [-0.2, 0) is 0 Å². The molecule has 1 heterocycles. The van der Waals surface area contributed by atoms with Crippen LogP contribution < -0.4 is 5.32 Å². The van der Waals surface area contributed by atoms with E-state index in [1.165, 1.54) is 0 Å². The van der Waals surface area contributed by atoms with Crippen LogP contribution in [0.4, 0.5) is 17.4 Å². The number of nitrogens with one attached hydrogen (secondary N) is 1. The number of aromatic nitrogens is 1. The van der Waals surface area contributed by atoms with Gasteiger partial charge in [-0.1, -0.05) is 12.1 Å². The predicted molar refractivity (Wildman–Crippen MR) is 73.9 cm³/mol. The lowest BCUT2D eigenvalue weighted by atomic mass is 10.2. The predicted octanol–water partition coefficient (Wildman–Crippen LogP) is 4.28. The highest BCUT2D eigenvalue weighted by Gasteiger charge is 2.06. The quantitative estimate of drug-likeness (QED) is 0.707. The molecule has 1 aromatic heterocycles. The minimum Gasteiger partial charge on any atom is -0.423 e. The van der Waals surface area contributed by atoms with Crippen molar-refractivity contribution in [3.63, 3.8) is 0 Å². The van der Waals surface area contributed by atoms with Gasteiger partial charge in [-0.3, -0.25) is 0 Å². The summed E-state index contributed by atoms with van der Waals surface area (Å²) < 4.78 is 5.57. The number of benzene rings is 2. The monoisotopic (exact) mass is 253 g/mol. The molecule has 3 aromatic rings. The van der Waals surface area contributed by atoms with Gasteiger partial charge < -0.3 is 9.73 Å². The largest absolute Gasteiger partial charge is 0.423 e. The Bertz CT molecular complexity index is 749. The van der Waals surface area contributed by atoms with Gasteiger partial charge in [0.05, 0.1) is 0 Å². The van der Waals surface area contributed by atoms with E-state index in [2.05, 4.69) is 15.5 Å². The Hall–Kier alpha value is -2.69. The van der Waals surface area contributed by atoms with Crippen LogP contribution in [0, 0.1) is 11.8 Å². The van der Waals surface area contributed by atoms with E-state index >= 15 is 0 Å². The van der Waals surface area contributed by atoms with Gasteiger partial charge in [-0.05, 0) is 48.0 Å². The first-order chi connectivity index (χ1) is 9.24. The van der Waals surface area contributed by atoms with Gasteiger partial charge >= 0.3 is 0 Å². The van der Waals surface area contributed by atoms with Gasteiger partial charge in [0, 0.05) is 5.69 Å². The van der Waals surface area contributed by atoms with Crippen LogP contribution in [0.15, 0.2) is 52.1 Å². The van der Waals surface area contributed by atoms with Crippen LogP contribution in [-0.4, -0.2) is 4.98 Å². The maximum absolute atomic E-state index is 10.5. The molecule has 0 aliphatic heterocycles. The molecular formula is C14H11N3O2. The molecule has 0 saturated heterocycles. The Morgan fingerprint density at radius 2 is 2.11 bits per heavy atom. The third-order valence-corrected chi connectivity index (χ3v) is 2.75. The van der Waals surface area contributed by atoms with E-state index in [4.69, 9.17) is 4.42 Å². The molecule has 0 fully saturated rings. The zero-order chi connectivity index (χ0) is 13.2. The summed E-state index contributed by atoms with van der Waals surface area (Å²) in [5.41, 5.74) is 3.71. The highest BCUT2D eigenvalue weighted by atomic mass is 16.4. The molecule has 0 aliphatic rings. The second-order valence-corrected chi connectivity index (χ2v) is 4.26. The van der Waals surface area contributed by atoms with E-state index in [-0.39, 0.29) is 0 Å². The summed E-state index contributed by atoms with van der Waals surface area (Å²) in [4.78, 5) is 14.8. The summed E-state index contributed by atoms with van der Waals surface area (Å²) in [7, 11) is 0. The summed E-state index contributed by atoms with van der Waals surface area (Å²) in [6, 6.07) is 13.0. The van der Waals surface area contributed by atoms with Crippen LogP contribution >= 0.6 is 0 Å². The van der Waals surface area contributed by atoms with E-state index in [1.54, 1.807) is 18.2 Å². The molecule has 0 atom stereocenters. The minimum atomic E-state index is 0.358. The zero-order valence-corrected chi connectivity index (χ0v) is 10.3. The van der Waals surface area contributed by atoms with Crippen molar-refractivity contribution in [2.24, 2.45) is 5.18 Å². The number of nitrogens with zero attached hydrogens (tertiary/aromatic N) is 2. The molecule has 0 saturated carbocycles. The summed E-state index contributed by atoms with van der Waals surface area (Å²) in [6.45, 7) is 2.00. The molecule has 0 unspecified atom stereocenters. The number of aryl methyl sites for hydroxylation is 1. The van der Waals surface area contributed by atoms with Gasteiger partial charge in [0.2, 0.25) is 0 Å².